The van der Waals surface area contributed by atoms with Crippen LogP contribution < -0.4 is 5.32 Å². The second-order valence-corrected chi connectivity index (χ2v) is 7.63. The molecular weight excluding hydrogens is 278 g/mol. The quantitative estimate of drug-likeness (QED) is 0.869. The number of ether oxygens (including phenoxy) is 1. The van der Waals surface area contributed by atoms with E-state index in [1.807, 2.05) is 20.8 Å². The number of nitrogens with zero attached hydrogens (tertiary/aromatic N) is 2. The lowest BCUT2D eigenvalue weighted by Gasteiger charge is -2.42. The van der Waals surface area contributed by atoms with Crippen LogP contribution in [-0.4, -0.2) is 66.3 Å². The van der Waals surface area contributed by atoms with Gasteiger partial charge in [-0.05, 0) is 53.0 Å². The van der Waals surface area contributed by atoms with Crippen LogP contribution in [0.15, 0.2) is 0 Å². The highest BCUT2D eigenvalue weighted by Crippen LogP contribution is 2.24. The number of nitrogens with one attached hydrogen (secondary N) is 1. The van der Waals surface area contributed by atoms with E-state index in [2.05, 4.69) is 22.0 Å². The van der Waals surface area contributed by atoms with Crippen molar-refractivity contribution in [1.82, 2.24) is 15.1 Å². The highest BCUT2D eigenvalue weighted by atomic mass is 16.6. The van der Waals surface area contributed by atoms with Crippen LogP contribution in [0.1, 0.15) is 53.4 Å². The SMILES string of the molecule is CCN1CCN([C@H]2CCC[C@@H](NC(=O)OC(C)(C)C)C2)CC1. The Morgan fingerprint density at radius 3 is 2.45 bits per heavy atom. The molecule has 0 unspecified atom stereocenters. The van der Waals surface area contributed by atoms with Crippen LogP contribution in [0.3, 0.4) is 0 Å². The molecule has 1 N–H and O–H groups in total. The molecule has 5 heteroatoms. The van der Waals surface area contributed by atoms with Gasteiger partial charge in [0, 0.05) is 38.3 Å². The van der Waals surface area contributed by atoms with Crippen molar-refractivity contribution in [1.29, 1.82) is 0 Å². The lowest BCUT2D eigenvalue weighted by molar-refractivity contribution is 0.0436. The van der Waals surface area contributed by atoms with Crippen molar-refractivity contribution in [3.63, 3.8) is 0 Å². The molecule has 1 aliphatic heterocycles. The summed E-state index contributed by atoms with van der Waals surface area (Å²) >= 11 is 0. The van der Waals surface area contributed by atoms with E-state index in [1.54, 1.807) is 0 Å². The molecule has 1 amide bonds. The molecule has 1 saturated carbocycles. The minimum atomic E-state index is -0.422. The number of rotatable bonds is 3. The van der Waals surface area contributed by atoms with Gasteiger partial charge in [-0.15, -0.1) is 0 Å². The number of likely N-dealkylation sites (N-methyl/N-ethyl adjacent to an activating group) is 1. The van der Waals surface area contributed by atoms with E-state index in [-0.39, 0.29) is 12.1 Å². The first-order valence-electron chi connectivity index (χ1n) is 8.83. The fraction of sp³-hybridized carbons (Fsp3) is 0.941. The summed E-state index contributed by atoms with van der Waals surface area (Å²) in [6, 6.07) is 0.880. The van der Waals surface area contributed by atoms with Gasteiger partial charge in [-0.1, -0.05) is 6.92 Å². The molecular formula is C17H33N3O2. The first kappa shape index (κ1) is 17.5. The molecule has 0 radical (unpaired) electrons. The molecule has 128 valence electrons. The Morgan fingerprint density at radius 1 is 1.18 bits per heavy atom. The first-order chi connectivity index (χ1) is 10.4. The van der Waals surface area contributed by atoms with Gasteiger partial charge in [-0.2, -0.15) is 0 Å². The predicted octanol–water partition coefficient (Wildman–Crippen LogP) is 2.46. The Morgan fingerprint density at radius 2 is 1.86 bits per heavy atom. The van der Waals surface area contributed by atoms with Crippen molar-refractivity contribution in [2.75, 3.05) is 32.7 Å². The van der Waals surface area contributed by atoms with E-state index in [0.29, 0.717) is 6.04 Å². The zero-order chi connectivity index (χ0) is 16.2. The lowest BCUT2D eigenvalue weighted by Crippen LogP contribution is -2.53. The fourth-order valence-corrected chi connectivity index (χ4v) is 3.55. The molecule has 1 heterocycles. The topological polar surface area (TPSA) is 44.8 Å². The third-order valence-corrected chi connectivity index (χ3v) is 4.74. The van der Waals surface area contributed by atoms with Gasteiger partial charge >= 0.3 is 6.09 Å². The van der Waals surface area contributed by atoms with Gasteiger partial charge < -0.3 is 15.0 Å². The van der Waals surface area contributed by atoms with E-state index in [0.717, 1.165) is 32.5 Å². The molecule has 1 saturated heterocycles. The molecule has 22 heavy (non-hydrogen) atoms. The second kappa shape index (κ2) is 7.64. The molecule has 2 rings (SSSR count). The third kappa shape index (κ3) is 5.43. The maximum absolute atomic E-state index is 11.9. The molecule has 1 aliphatic carbocycles. The van der Waals surface area contributed by atoms with Crippen LogP contribution in [0.5, 0.6) is 0 Å². The number of piperazine rings is 1. The maximum atomic E-state index is 11.9. The van der Waals surface area contributed by atoms with Crippen molar-refractivity contribution < 1.29 is 9.53 Å². The van der Waals surface area contributed by atoms with E-state index < -0.39 is 5.60 Å². The summed E-state index contributed by atoms with van der Waals surface area (Å²) in [5.41, 5.74) is -0.422. The normalized spacial score (nSPS) is 28.4. The minimum absolute atomic E-state index is 0.262. The molecule has 0 aromatic rings. The Kier molecular flexibility index (Phi) is 6.09. The number of alkyl carbamates (subject to hydrolysis) is 1. The summed E-state index contributed by atoms with van der Waals surface area (Å²) in [5.74, 6) is 0. The number of carbonyl (C=O) groups is 1. The zero-order valence-electron chi connectivity index (χ0n) is 14.7. The van der Waals surface area contributed by atoms with Gasteiger partial charge in [0.1, 0.15) is 5.60 Å². The average molecular weight is 311 g/mol. The van der Waals surface area contributed by atoms with Crippen molar-refractivity contribution in [2.24, 2.45) is 0 Å². The maximum Gasteiger partial charge on any atom is 0.407 e. The van der Waals surface area contributed by atoms with Gasteiger partial charge in [-0.3, -0.25) is 4.90 Å². The summed E-state index contributed by atoms with van der Waals surface area (Å²) in [5, 5.41) is 3.07. The van der Waals surface area contributed by atoms with E-state index in [1.165, 1.54) is 25.9 Å². The van der Waals surface area contributed by atoms with E-state index in [9.17, 15) is 4.79 Å². The van der Waals surface area contributed by atoms with Crippen molar-refractivity contribution in [2.45, 2.75) is 71.1 Å². The predicted molar refractivity (Wildman–Crippen MR) is 89.1 cm³/mol. The highest BCUT2D eigenvalue weighted by molar-refractivity contribution is 5.68. The fourth-order valence-electron chi connectivity index (χ4n) is 3.55. The summed E-state index contributed by atoms with van der Waals surface area (Å²) in [6.07, 6.45) is 4.32. The first-order valence-corrected chi connectivity index (χ1v) is 8.83. The van der Waals surface area contributed by atoms with Crippen LogP contribution in [-0.2, 0) is 4.74 Å². The Balaban J connectivity index is 1.78. The molecule has 0 bridgehead atoms. The van der Waals surface area contributed by atoms with Gasteiger partial charge in [-0.25, -0.2) is 4.79 Å². The smallest absolute Gasteiger partial charge is 0.407 e. The number of amides is 1. The zero-order valence-corrected chi connectivity index (χ0v) is 14.7. The van der Waals surface area contributed by atoms with Crippen LogP contribution in [0.4, 0.5) is 4.79 Å². The molecule has 0 aromatic heterocycles. The van der Waals surface area contributed by atoms with Gasteiger partial charge in [0.15, 0.2) is 0 Å². The van der Waals surface area contributed by atoms with Crippen molar-refractivity contribution in [3.05, 3.63) is 0 Å². The van der Waals surface area contributed by atoms with Gasteiger partial charge in [0.05, 0.1) is 0 Å². The second-order valence-electron chi connectivity index (χ2n) is 7.63. The van der Waals surface area contributed by atoms with Gasteiger partial charge in [0.25, 0.3) is 0 Å². The van der Waals surface area contributed by atoms with Crippen LogP contribution in [0.2, 0.25) is 0 Å². The van der Waals surface area contributed by atoms with Crippen LogP contribution in [0.25, 0.3) is 0 Å². The van der Waals surface area contributed by atoms with E-state index in [4.69, 9.17) is 4.74 Å². The monoisotopic (exact) mass is 311 g/mol. The molecule has 0 aromatic carbocycles. The number of carbonyl (C=O) groups excluding carboxylic acids is 1. The van der Waals surface area contributed by atoms with Crippen LogP contribution in [0, 0.1) is 0 Å². The summed E-state index contributed by atoms with van der Waals surface area (Å²) < 4.78 is 5.38. The Bertz CT molecular complexity index is 359. The Hall–Kier alpha value is -0.810. The number of hydrogen-bond acceptors (Lipinski definition) is 4. The van der Waals surface area contributed by atoms with Crippen molar-refractivity contribution in [3.8, 4) is 0 Å². The van der Waals surface area contributed by atoms with Gasteiger partial charge in [0.2, 0.25) is 0 Å². The molecule has 2 aliphatic rings. The molecule has 5 nitrogen and oxygen atoms in total. The standard InChI is InChI=1S/C17H33N3O2/c1-5-19-9-11-20(12-10-19)15-8-6-7-14(13-15)18-16(21)22-17(2,3)4/h14-15H,5-13H2,1-4H3,(H,18,21)/t14-,15+/m1/s1. The highest BCUT2D eigenvalue weighted by Gasteiger charge is 2.30. The van der Waals surface area contributed by atoms with E-state index >= 15 is 0 Å². The summed E-state index contributed by atoms with van der Waals surface area (Å²) in [7, 11) is 0. The third-order valence-electron chi connectivity index (χ3n) is 4.74. The molecule has 2 fully saturated rings. The number of hydrogen-bond donors (Lipinski definition) is 1. The average Bonchev–Trinajstić information content (AvgIpc) is 2.45. The van der Waals surface area contributed by atoms with Crippen molar-refractivity contribution >= 4 is 6.09 Å². The van der Waals surface area contributed by atoms with Crippen LogP contribution >= 0.6 is 0 Å². The Labute approximate surface area is 135 Å². The largest absolute Gasteiger partial charge is 0.444 e. The minimum Gasteiger partial charge on any atom is -0.444 e. The summed E-state index contributed by atoms with van der Waals surface area (Å²) in [4.78, 5) is 17.1. The molecule has 0 spiro atoms. The molecule has 2 atom stereocenters. The lowest BCUT2D eigenvalue weighted by atomic mass is 9.89. The summed E-state index contributed by atoms with van der Waals surface area (Å²) in [6.45, 7) is 13.8.